The molecule has 2 nitrogen and oxygen atoms in total. The van der Waals surface area contributed by atoms with Crippen LogP contribution >= 0.6 is 0 Å². The van der Waals surface area contributed by atoms with Gasteiger partial charge in [0.15, 0.2) is 0 Å². The van der Waals surface area contributed by atoms with Crippen molar-refractivity contribution in [1.29, 1.82) is 0 Å². The van der Waals surface area contributed by atoms with Crippen molar-refractivity contribution in [1.82, 2.24) is 10.3 Å². The Morgan fingerprint density at radius 3 is 2.62 bits per heavy atom. The number of rotatable bonds is 5. The van der Waals surface area contributed by atoms with Gasteiger partial charge in [0.1, 0.15) is 0 Å². The molecule has 2 rings (SSSR count). The summed E-state index contributed by atoms with van der Waals surface area (Å²) in [5, 5.41) is 3.57. The zero-order valence-corrected chi connectivity index (χ0v) is 14.2. The molecule has 3 atom stereocenters. The van der Waals surface area contributed by atoms with E-state index in [1.165, 1.54) is 31.5 Å². The van der Waals surface area contributed by atoms with Crippen LogP contribution in [0, 0.1) is 23.2 Å². The molecule has 0 aromatic carbocycles. The van der Waals surface area contributed by atoms with Crippen molar-refractivity contribution in [3.63, 3.8) is 0 Å². The van der Waals surface area contributed by atoms with Crippen molar-refractivity contribution >= 4 is 0 Å². The van der Waals surface area contributed by atoms with Crippen LogP contribution in [0.25, 0.3) is 0 Å². The molecule has 0 saturated heterocycles. The van der Waals surface area contributed by atoms with Gasteiger partial charge in [-0.2, -0.15) is 0 Å². The summed E-state index contributed by atoms with van der Waals surface area (Å²) >= 11 is 0. The van der Waals surface area contributed by atoms with E-state index in [0.717, 1.165) is 30.7 Å². The lowest BCUT2D eigenvalue weighted by molar-refractivity contribution is 0.0969. The summed E-state index contributed by atoms with van der Waals surface area (Å²) < 4.78 is 0. The van der Waals surface area contributed by atoms with E-state index in [1.54, 1.807) is 0 Å². The maximum atomic E-state index is 4.55. The zero-order chi connectivity index (χ0) is 15.3. The van der Waals surface area contributed by atoms with Gasteiger partial charge in [0.2, 0.25) is 0 Å². The van der Waals surface area contributed by atoms with Crippen LogP contribution in [0.3, 0.4) is 0 Å². The quantitative estimate of drug-likeness (QED) is 0.873. The molecule has 1 aromatic heterocycles. The number of nitrogens with one attached hydrogen (secondary N) is 1. The fourth-order valence-electron chi connectivity index (χ4n) is 3.75. The molecule has 1 N–H and O–H groups in total. The predicted molar refractivity (Wildman–Crippen MR) is 90.3 cm³/mol. The predicted octanol–water partition coefficient (Wildman–Crippen LogP) is 4.31. The molecule has 1 aromatic rings. The Bertz CT molecular complexity index is 407. The Hall–Kier alpha value is -0.890. The highest BCUT2D eigenvalue weighted by atomic mass is 14.8. The Kier molecular flexibility index (Phi) is 5.80. The van der Waals surface area contributed by atoms with E-state index in [4.69, 9.17) is 0 Å². The van der Waals surface area contributed by atoms with Gasteiger partial charge in [0.05, 0.1) is 0 Å². The highest BCUT2D eigenvalue weighted by Crippen LogP contribution is 2.43. The van der Waals surface area contributed by atoms with E-state index in [1.807, 2.05) is 12.3 Å². The van der Waals surface area contributed by atoms with Gasteiger partial charge in [-0.3, -0.25) is 4.98 Å². The topological polar surface area (TPSA) is 24.9 Å². The minimum atomic E-state index is 0.436. The fraction of sp³-hybridized carbons (Fsp3) is 0.737. The van der Waals surface area contributed by atoms with Crippen LogP contribution < -0.4 is 5.32 Å². The summed E-state index contributed by atoms with van der Waals surface area (Å²) in [5.74, 6) is 2.44. The Labute approximate surface area is 130 Å². The molecule has 1 heterocycles. The molecule has 0 bridgehead atoms. The second-order valence-corrected chi connectivity index (χ2v) is 7.73. The molecule has 0 radical (unpaired) electrons. The number of hydrogen-bond donors (Lipinski definition) is 1. The van der Waals surface area contributed by atoms with E-state index in [9.17, 15) is 0 Å². The monoisotopic (exact) mass is 288 g/mol. The molecule has 1 aliphatic carbocycles. The molecule has 1 saturated carbocycles. The summed E-state index contributed by atoms with van der Waals surface area (Å²) in [6.45, 7) is 11.7. The van der Waals surface area contributed by atoms with E-state index in [2.05, 4.69) is 50.1 Å². The highest BCUT2D eigenvalue weighted by molar-refractivity contribution is 5.05. The normalized spacial score (nSPS) is 26.8. The summed E-state index contributed by atoms with van der Waals surface area (Å²) in [4.78, 5) is 4.55. The van der Waals surface area contributed by atoms with Crippen LogP contribution in [0.1, 0.15) is 52.7 Å². The lowest BCUT2D eigenvalue weighted by Gasteiger charge is -2.42. The fourth-order valence-corrected chi connectivity index (χ4v) is 3.75. The van der Waals surface area contributed by atoms with Crippen LogP contribution in [0.15, 0.2) is 24.4 Å². The first-order valence-corrected chi connectivity index (χ1v) is 8.61. The maximum absolute atomic E-state index is 4.55. The zero-order valence-electron chi connectivity index (χ0n) is 14.2. The lowest BCUT2D eigenvalue weighted by atomic mass is 9.64. The van der Waals surface area contributed by atoms with E-state index in [0.29, 0.717) is 5.41 Å². The van der Waals surface area contributed by atoms with Crippen molar-refractivity contribution in [3.8, 4) is 0 Å². The molecule has 1 fully saturated rings. The Morgan fingerprint density at radius 1 is 1.19 bits per heavy atom. The lowest BCUT2D eigenvalue weighted by Crippen LogP contribution is -2.37. The third kappa shape index (κ3) is 4.81. The number of hydrogen-bond acceptors (Lipinski definition) is 2. The summed E-state index contributed by atoms with van der Waals surface area (Å²) in [5.41, 5.74) is 1.70. The van der Waals surface area contributed by atoms with Gasteiger partial charge >= 0.3 is 0 Å². The second-order valence-electron chi connectivity index (χ2n) is 7.73. The Balaban J connectivity index is 2.05. The van der Waals surface area contributed by atoms with Crippen molar-refractivity contribution in [2.75, 3.05) is 13.1 Å². The smallest absolute Gasteiger partial charge is 0.0406 e. The van der Waals surface area contributed by atoms with Crippen molar-refractivity contribution in [2.24, 2.45) is 23.2 Å². The van der Waals surface area contributed by atoms with Gasteiger partial charge in [0.25, 0.3) is 0 Å². The largest absolute Gasteiger partial charge is 0.317 e. The third-order valence-electron chi connectivity index (χ3n) is 5.22. The molecule has 2 heteroatoms. The average Bonchev–Trinajstić information content (AvgIpc) is 2.46. The molecule has 0 aliphatic heterocycles. The van der Waals surface area contributed by atoms with E-state index >= 15 is 0 Å². The molecule has 118 valence electrons. The van der Waals surface area contributed by atoms with Crippen LogP contribution in [-0.2, 0) is 6.42 Å². The van der Waals surface area contributed by atoms with E-state index < -0.39 is 0 Å². The standard InChI is InChI=1S/C19H32N2/c1-5-20-14-15-9-10-17(19(2,3)4)12-16(15)13-18-8-6-7-11-21-18/h6-8,11,15-17,20H,5,9-10,12-14H2,1-4H3. The molecule has 3 unspecified atom stereocenters. The second kappa shape index (κ2) is 7.40. The van der Waals surface area contributed by atoms with Gasteiger partial charge in [-0.15, -0.1) is 0 Å². The first-order chi connectivity index (χ1) is 10.0. The Morgan fingerprint density at radius 2 is 2.00 bits per heavy atom. The van der Waals surface area contributed by atoms with Crippen molar-refractivity contribution in [3.05, 3.63) is 30.1 Å². The first kappa shape index (κ1) is 16.5. The average molecular weight is 288 g/mol. The molecular formula is C19H32N2. The molecule has 21 heavy (non-hydrogen) atoms. The maximum Gasteiger partial charge on any atom is 0.0406 e. The van der Waals surface area contributed by atoms with Gasteiger partial charge < -0.3 is 5.32 Å². The molecule has 0 amide bonds. The van der Waals surface area contributed by atoms with Crippen LogP contribution in [0.2, 0.25) is 0 Å². The minimum absolute atomic E-state index is 0.436. The highest BCUT2D eigenvalue weighted by Gasteiger charge is 2.35. The van der Waals surface area contributed by atoms with Crippen molar-refractivity contribution < 1.29 is 0 Å². The van der Waals surface area contributed by atoms with Crippen LogP contribution in [0.4, 0.5) is 0 Å². The van der Waals surface area contributed by atoms with Gasteiger partial charge in [-0.1, -0.05) is 33.8 Å². The van der Waals surface area contributed by atoms with Gasteiger partial charge in [-0.25, -0.2) is 0 Å². The van der Waals surface area contributed by atoms with Crippen LogP contribution in [-0.4, -0.2) is 18.1 Å². The van der Waals surface area contributed by atoms with Crippen molar-refractivity contribution in [2.45, 2.75) is 53.4 Å². The van der Waals surface area contributed by atoms with Gasteiger partial charge in [0, 0.05) is 11.9 Å². The number of nitrogens with zero attached hydrogens (tertiary/aromatic N) is 1. The van der Waals surface area contributed by atoms with Gasteiger partial charge in [-0.05, 0) is 74.1 Å². The molecule has 0 spiro atoms. The SMILES string of the molecule is CCNCC1CCC(C(C)(C)C)CC1Cc1ccccn1. The minimum Gasteiger partial charge on any atom is -0.317 e. The number of pyridine rings is 1. The van der Waals surface area contributed by atoms with Crippen LogP contribution in [0.5, 0.6) is 0 Å². The van der Waals surface area contributed by atoms with E-state index in [-0.39, 0.29) is 0 Å². The molecule has 1 aliphatic rings. The summed E-state index contributed by atoms with van der Waals surface area (Å²) in [6.07, 6.45) is 7.18. The molecular weight excluding hydrogens is 256 g/mol. The summed E-state index contributed by atoms with van der Waals surface area (Å²) in [7, 11) is 0. The third-order valence-corrected chi connectivity index (χ3v) is 5.22. The first-order valence-electron chi connectivity index (χ1n) is 8.61. The summed E-state index contributed by atoms with van der Waals surface area (Å²) in [6, 6.07) is 6.31. The number of aromatic nitrogens is 1.